The summed E-state index contributed by atoms with van der Waals surface area (Å²) < 4.78 is 0. The van der Waals surface area contributed by atoms with E-state index in [1.807, 2.05) is 25.9 Å². The molecule has 0 saturated carbocycles. The Balaban J connectivity index is 3.54. The predicted octanol–water partition coefficient (Wildman–Crippen LogP) is -0.127. The Morgan fingerprint density at radius 2 is 2.08 bits per heavy atom. The molecule has 0 aliphatic heterocycles. The minimum Gasteiger partial charge on any atom is -0.354 e. The fraction of sp³-hybridized carbons (Fsp3) is 0.875. The number of hydrogen-bond acceptors (Lipinski definition) is 2. The standard InChI is InChI=1S/C8H17N2O2/c1-7(10(2)3)6-8(12)9-4-5-11/h7H,4-6H2,1-3H3,(H,9,12). The SMILES string of the molecule is CC(CC(=O)NCC[O])N(C)C. The number of carbonyl (C=O) groups excluding carboxylic acids is 1. The van der Waals surface area contributed by atoms with Crippen molar-refractivity contribution in [3.8, 4) is 0 Å². The molecule has 12 heavy (non-hydrogen) atoms. The van der Waals surface area contributed by atoms with Crippen molar-refractivity contribution in [1.29, 1.82) is 0 Å². The zero-order chi connectivity index (χ0) is 9.56. The second-order valence-corrected chi connectivity index (χ2v) is 3.07. The molecule has 1 N–H and O–H groups in total. The Bertz CT molecular complexity index is 137. The summed E-state index contributed by atoms with van der Waals surface area (Å²) in [5.41, 5.74) is 0. The van der Waals surface area contributed by atoms with Gasteiger partial charge in [-0.2, -0.15) is 0 Å². The highest BCUT2D eigenvalue weighted by atomic mass is 16.3. The number of rotatable bonds is 5. The summed E-state index contributed by atoms with van der Waals surface area (Å²) in [6.45, 7) is 1.96. The van der Waals surface area contributed by atoms with Gasteiger partial charge in [-0.25, -0.2) is 5.11 Å². The average Bonchev–Trinajstić information content (AvgIpc) is 2.00. The molecule has 1 atom stereocenters. The monoisotopic (exact) mass is 173 g/mol. The molecule has 0 aliphatic rings. The van der Waals surface area contributed by atoms with Crippen LogP contribution in [0.2, 0.25) is 0 Å². The van der Waals surface area contributed by atoms with Gasteiger partial charge in [-0.1, -0.05) is 0 Å². The third-order valence-corrected chi connectivity index (χ3v) is 1.79. The molecule has 1 unspecified atom stereocenters. The van der Waals surface area contributed by atoms with E-state index in [1.54, 1.807) is 0 Å². The van der Waals surface area contributed by atoms with E-state index >= 15 is 0 Å². The fourth-order valence-electron chi connectivity index (χ4n) is 0.714. The maximum Gasteiger partial charge on any atom is 0.221 e. The molecule has 0 heterocycles. The van der Waals surface area contributed by atoms with Crippen molar-refractivity contribution in [2.75, 3.05) is 27.2 Å². The highest BCUT2D eigenvalue weighted by Crippen LogP contribution is 1.96. The minimum absolute atomic E-state index is 0.0490. The molecule has 0 saturated heterocycles. The van der Waals surface area contributed by atoms with Crippen LogP contribution in [-0.2, 0) is 9.90 Å². The van der Waals surface area contributed by atoms with Crippen molar-refractivity contribution in [3.05, 3.63) is 0 Å². The van der Waals surface area contributed by atoms with E-state index in [4.69, 9.17) is 0 Å². The summed E-state index contributed by atoms with van der Waals surface area (Å²) >= 11 is 0. The van der Waals surface area contributed by atoms with Gasteiger partial charge in [0.1, 0.15) is 0 Å². The Hall–Kier alpha value is -0.610. The Kier molecular flexibility index (Phi) is 5.66. The first kappa shape index (κ1) is 11.4. The lowest BCUT2D eigenvalue weighted by molar-refractivity contribution is -0.122. The first-order valence-corrected chi connectivity index (χ1v) is 4.09. The molecule has 4 nitrogen and oxygen atoms in total. The van der Waals surface area contributed by atoms with Crippen LogP contribution < -0.4 is 5.32 Å². The van der Waals surface area contributed by atoms with E-state index in [1.165, 1.54) is 0 Å². The number of carbonyl (C=O) groups is 1. The topological polar surface area (TPSA) is 52.2 Å². The summed E-state index contributed by atoms with van der Waals surface area (Å²) in [7, 11) is 3.84. The van der Waals surface area contributed by atoms with Crippen LogP contribution >= 0.6 is 0 Å². The molecule has 0 aliphatic carbocycles. The second kappa shape index (κ2) is 5.97. The zero-order valence-electron chi connectivity index (χ0n) is 7.96. The van der Waals surface area contributed by atoms with E-state index in [2.05, 4.69) is 5.32 Å². The smallest absolute Gasteiger partial charge is 0.221 e. The summed E-state index contributed by atoms with van der Waals surface area (Å²) in [6, 6.07) is 0.219. The third kappa shape index (κ3) is 5.09. The molecule has 0 fully saturated rings. The largest absolute Gasteiger partial charge is 0.354 e. The molecule has 0 bridgehead atoms. The second-order valence-electron chi connectivity index (χ2n) is 3.07. The van der Waals surface area contributed by atoms with Crippen LogP contribution in [0, 0.1) is 0 Å². The van der Waals surface area contributed by atoms with E-state index in [0.29, 0.717) is 6.42 Å². The number of nitrogens with one attached hydrogen (secondary N) is 1. The average molecular weight is 173 g/mol. The van der Waals surface area contributed by atoms with Gasteiger partial charge in [0.15, 0.2) is 0 Å². The van der Waals surface area contributed by atoms with Crippen molar-refractivity contribution < 1.29 is 9.90 Å². The zero-order valence-corrected chi connectivity index (χ0v) is 7.96. The van der Waals surface area contributed by atoms with E-state index < -0.39 is 0 Å². The van der Waals surface area contributed by atoms with Crippen LogP contribution in [0.5, 0.6) is 0 Å². The molecule has 4 heteroatoms. The summed E-state index contributed by atoms with van der Waals surface area (Å²) in [5.74, 6) is -0.0490. The maximum atomic E-state index is 11.0. The molecular weight excluding hydrogens is 156 g/mol. The molecule has 0 rings (SSSR count). The van der Waals surface area contributed by atoms with E-state index in [9.17, 15) is 9.90 Å². The van der Waals surface area contributed by atoms with Gasteiger partial charge < -0.3 is 10.2 Å². The summed E-state index contributed by atoms with van der Waals surface area (Å²) in [6.07, 6.45) is 0.451. The quantitative estimate of drug-likeness (QED) is 0.630. The van der Waals surface area contributed by atoms with Crippen molar-refractivity contribution in [2.24, 2.45) is 0 Å². The van der Waals surface area contributed by atoms with Crippen LogP contribution in [0.15, 0.2) is 0 Å². The molecule has 0 aromatic rings. The van der Waals surface area contributed by atoms with Crippen molar-refractivity contribution in [2.45, 2.75) is 19.4 Å². The highest BCUT2D eigenvalue weighted by Gasteiger charge is 2.09. The van der Waals surface area contributed by atoms with Crippen LogP contribution in [0.1, 0.15) is 13.3 Å². The molecular formula is C8H17N2O2. The van der Waals surface area contributed by atoms with Crippen molar-refractivity contribution in [3.63, 3.8) is 0 Å². The van der Waals surface area contributed by atoms with Gasteiger partial charge in [0, 0.05) is 19.0 Å². The van der Waals surface area contributed by atoms with Crippen LogP contribution in [-0.4, -0.2) is 44.1 Å². The van der Waals surface area contributed by atoms with Crippen molar-refractivity contribution in [1.82, 2.24) is 10.2 Å². The lowest BCUT2D eigenvalue weighted by Crippen LogP contribution is -2.34. The van der Waals surface area contributed by atoms with E-state index in [0.717, 1.165) is 0 Å². The Morgan fingerprint density at radius 1 is 1.50 bits per heavy atom. The lowest BCUT2D eigenvalue weighted by atomic mass is 10.2. The van der Waals surface area contributed by atoms with Gasteiger partial charge in [-0.05, 0) is 21.0 Å². The molecule has 1 amide bonds. The van der Waals surface area contributed by atoms with Gasteiger partial charge >= 0.3 is 0 Å². The molecule has 0 spiro atoms. The van der Waals surface area contributed by atoms with Crippen LogP contribution in [0.3, 0.4) is 0 Å². The maximum absolute atomic E-state index is 11.0. The summed E-state index contributed by atoms with van der Waals surface area (Å²) in [5, 5.41) is 12.6. The molecule has 1 radical (unpaired) electrons. The Labute approximate surface area is 73.6 Å². The first-order chi connectivity index (χ1) is 5.57. The lowest BCUT2D eigenvalue weighted by Gasteiger charge is -2.18. The van der Waals surface area contributed by atoms with Gasteiger partial charge in [0.05, 0.1) is 6.61 Å². The first-order valence-electron chi connectivity index (χ1n) is 4.09. The molecule has 71 valence electrons. The van der Waals surface area contributed by atoms with Crippen LogP contribution in [0.4, 0.5) is 0 Å². The number of hydrogen-bond donors (Lipinski definition) is 1. The van der Waals surface area contributed by atoms with Gasteiger partial charge in [0.2, 0.25) is 5.91 Å². The normalized spacial score (nSPS) is 13.1. The molecule has 0 aromatic heterocycles. The van der Waals surface area contributed by atoms with Gasteiger partial charge in [-0.15, -0.1) is 0 Å². The Morgan fingerprint density at radius 3 is 2.50 bits per heavy atom. The highest BCUT2D eigenvalue weighted by molar-refractivity contribution is 5.76. The van der Waals surface area contributed by atoms with E-state index in [-0.39, 0.29) is 25.1 Å². The van der Waals surface area contributed by atoms with Crippen molar-refractivity contribution >= 4 is 5.91 Å². The van der Waals surface area contributed by atoms with Crippen LogP contribution in [0.25, 0.3) is 0 Å². The minimum atomic E-state index is -0.248. The predicted molar refractivity (Wildman–Crippen MR) is 46.3 cm³/mol. The van der Waals surface area contributed by atoms with Gasteiger partial charge in [0.25, 0.3) is 0 Å². The molecule has 0 aromatic carbocycles. The summed E-state index contributed by atoms with van der Waals surface area (Å²) in [4.78, 5) is 13.0. The number of nitrogens with zero attached hydrogens (tertiary/aromatic N) is 1. The van der Waals surface area contributed by atoms with Gasteiger partial charge in [-0.3, -0.25) is 4.79 Å². The number of amides is 1. The third-order valence-electron chi connectivity index (χ3n) is 1.79. The fourth-order valence-corrected chi connectivity index (χ4v) is 0.714.